The van der Waals surface area contributed by atoms with Crippen LogP contribution in [0.5, 0.6) is 0 Å². The second-order valence-electron chi connectivity index (χ2n) is 4.23. The maximum absolute atomic E-state index is 4.09. The monoisotopic (exact) mass is 252 g/mol. The van der Waals surface area contributed by atoms with Crippen LogP contribution in [-0.4, -0.2) is 0 Å². The highest BCUT2D eigenvalue weighted by atomic mass is 32.1. The Balaban J connectivity index is 2.21. The maximum atomic E-state index is 4.09. The molecule has 90 valence electrons. The Kier molecular flexibility index (Phi) is 3.96. The summed E-state index contributed by atoms with van der Waals surface area (Å²) < 4.78 is 0. The number of hydrogen-bond donors (Lipinski definition) is 0. The van der Waals surface area contributed by atoms with Crippen LogP contribution in [0.3, 0.4) is 0 Å². The van der Waals surface area contributed by atoms with Gasteiger partial charge < -0.3 is 0 Å². The lowest BCUT2D eigenvalue weighted by Crippen LogP contribution is -1.70. The summed E-state index contributed by atoms with van der Waals surface area (Å²) in [6.45, 7) is 9.92. The molecule has 0 aliphatic carbocycles. The van der Waals surface area contributed by atoms with Gasteiger partial charge in [-0.15, -0.1) is 11.3 Å². The van der Waals surface area contributed by atoms with E-state index in [0.717, 1.165) is 11.1 Å². The first-order valence-corrected chi connectivity index (χ1v) is 6.66. The van der Waals surface area contributed by atoms with E-state index in [2.05, 4.69) is 49.6 Å². The van der Waals surface area contributed by atoms with Crippen molar-refractivity contribution in [2.75, 3.05) is 0 Å². The van der Waals surface area contributed by atoms with Crippen molar-refractivity contribution < 1.29 is 0 Å². The van der Waals surface area contributed by atoms with Gasteiger partial charge in [-0.3, -0.25) is 0 Å². The van der Waals surface area contributed by atoms with Crippen molar-refractivity contribution in [3.05, 3.63) is 78.2 Å². The van der Waals surface area contributed by atoms with Gasteiger partial charge in [0.05, 0.1) is 0 Å². The molecule has 1 heterocycles. The molecule has 0 N–H and O–H groups in total. The Morgan fingerprint density at radius 1 is 1.00 bits per heavy atom. The fourth-order valence-electron chi connectivity index (χ4n) is 1.59. The summed E-state index contributed by atoms with van der Waals surface area (Å²) in [5.41, 5.74) is 3.33. The van der Waals surface area contributed by atoms with Crippen molar-refractivity contribution in [2.45, 2.75) is 6.92 Å². The second-order valence-corrected chi connectivity index (χ2v) is 5.32. The smallest absolute Gasteiger partial charge is 0.0349 e. The predicted molar refractivity (Wildman–Crippen MR) is 82.7 cm³/mol. The van der Waals surface area contributed by atoms with Gasteiger partial charge in [0.15, 0.2) is 0 Å². The highest BCUT2D eigenvalue weighted by Crippen LogP contribution is 2.31. The van der Waals surface area contributed by atoms with E-state index in [0.29, 0.717) is 0 Å². The molecule has 0 unspecified atom stereocenters. The molecular formula is C17H16S. The van der Waals surface area contributed by atoms with Crippen molar-refractivity contribution >= 4 is 16.9 Å². The molecule has 0 bridgehead atoms. The van der Waals surface area contributed by atoms with Crippen LogP contribution in [-0.2, 0) is 0 Å². The summed E-state index contributed by atoms with van der Waals surface area (Å²) >= 11 is 1.77. The van der Waals surface area contributed by atoms with Crippen LogP contribution in [0.4, 0.5) is 0 Å². The molecule has 0 amide bonds. The van der Waals surface area contributed by atoms with Gasteiger partial charge in [-0.05, 0) is 30.2 Å². The Morgan fingerprint density at radius 2 is 1.72 bits per heavy atom. The molecule has 0 saturated heterocycles. The molecule has 1 aromatic carbocycles. The quantitative estimate of drug-likeness (QED) is 0.625. The Labute approximate surface area is 113 Å². The minimum absolute atomic E-state index is 1.03. The summed E-state index contributed by atoms with van der Waals surface area (Å²) in [7, 11) is 0. The van der Waals surface area contributed by atoms with Gasteiger partial charge in [0, 0.05) is 9.75 Å². The molecule has 0 spiro atoms. The zero-order valence-corrected chi connectivity index (χ0v) is 11.3. The molecule has 0 fully saturated rings. The molecule has 18 heavy (non-hydrogen) atoms. The first-order chi connectivity index (χ1) is 8.66. The molecule has 1 heteroatoms. The standard InChI is InChI=1S/C17H16S/c1-13(2)9-10-14(3)16-11-12-17(18-16)15-7-5-4-6-8-15/h4-12H,1,3H2,2H3/b10-9-. The number of hydrogen-bond acceptors (Lipinski definition) is 1. The van der Waals surface area contributed by atoms with E-state index in [4.69, 9.17) is 0 Å². The fourth-order valence-corrected chi connectivity index (χ4v) is 2.56. The molecule has 0 aliphatic heterocycles. The van der Waals surface area contributed by atoms with Gasteiger partial charge in [0.1, 0.15) is 0 Å². The summed E-state index contributed by atoms with van der Waals surface area (Å²) in [4.78, 5) is 2.47. The normalized spacial score (nSPS) is 10.7. The lowest BCUT2D eigenvalue weighted by molar-refractivity contribution is 1.56. The largest absolute Gasteiger partial charge is 0.135 e. The highest BCUT2D eigenvalue weighted by molar-refractivity contribution is 7.16. The molecule has 2 rings (SSSR count). The third kappa shape index (κ3) is 3.08. The van der Waals surface area contributed by atoms with Crippen LogP contribution < -0.4 is 0 Å². The van der Waals surface area contributed by atoms with Crippen LogP contribution >= 0.6 is 11.3 Å². The van der Waals surface area contributed by atoms with Crippen LogP contribution in [0.15, 0.2) is 73.3 Å². The van der Waals surface area contributed by atoms with Crippen LogP contribution in [0, 0.1) is 0 Å². The van der Waals surface area contributed by atoms with Gasteiger partial charge in [0.2, 0.25) is 0 Å². The van der Waals surface area contributed by atoms with Crippen LogP contribution in [0.2, 0.25) is 0 Å². The first kappa shape index (κ1) is 12.6. The Bertz CT molecular complexity index is 585. The average molecular weight is 252 g/mol. The van der Waals surface area contributed by atoms with E-state index in [9.17, 15) is 0 Å². The molecule has 0 nitrogen and oxygen atoms in total. The molecular weight excluding hydrogens is 236 g/mol. The van der Waals surface area contributed by atoms with Crippen molar-refractivity contribution in [3.8, 4) is 10.4 Å². The van der Waals surface area contributed by atoms with Gasteiger partial charge in [-0.1, -0.05) is 61.2 Å². The number of rotatable bonds is 4. The fraction of sp³-hybridized carbons (Fsp3) is 0.0588. The summed E-state index contributed by atoms with van der Waals surface area (Å²) in [6, 6.07) is 14.7. The zero-order chi connectivity index (χ0) is 13.0. The molecule has 0 saturated carbocycles. The van der Waals surface area contributed by atoms with E-state index in [-0.39, 0.29) is 0 Å². The van der Waals surface area contributed by atoms with Crippen molar-refractivity contribution in [1.82, 2.24) is 0 Å². The van der Waals surface area contributed by atoms with E-state index in [1.54, 1.807) is 11.3 Å². The predicted octanol–water partition coefficient (Wildman–Crippen LogP) is 5.56. The molecule has 2 aromatic rings. The van der Waals surface area contributed by atoms with Crippen molar-refractivity contribution in [3.63, 3.8) is 0 Å². The number of allylic oxidation sites excluding steroid dienone is 4. The summed E-state index contributed by atoms with van der Waals surface area (Å²) in [5, 5.41) is 0. The Hall–Kier alpha value is -1.86. The summed E-state index contributed by atoms with van der Waals surface area (Å²) in [6.07, 6.45) is 4.01. The van der Waals surface area contributed by atoms with E-state index < -0.39 is 0 Å². The van der Waals surface area contributed by atoms with E-state index in [1.165, 1.54) is 15.3 Å². The third-order valence-electron chi connectivity index (χ3n) is 2.55. The van der Waals surface area contributed by atoms with Gasteiger partial charge in [-0.2, -0.15) is 0 Å². The minimum Gasteiger partial charge on any atom is -0.135 e. The SMILES string of the molecule is C=C(C)/C=C\C(=C)c1ccc(-c2ccccc2)s1. The minimum atomic E-state index is 1.03. The average Bonchev–Trinajstić information content (AvgIpc) is 2.86. The first-order valence-electron chi connectivity index (χ1n) is 5.85. The van der Waals surface area contributed by atoms with Gasteiger partial charge in [0.25, 0.3) is 0 Å². The lowest BCUT2D eigenvalue weighted by Gasteiger charge is -1.96. The Morgan fingerprint density at radius 3 is 2.39 bits per heavy atom. The van der Waals surface area contributed by atoms with Crippen molar-refractivity contribution in [2.24, 2.45) is 0 Å². The second kappa shape index (κ2) is 5.65. The molecule has 0 atom stereocenters. The zero-order valence-electron chi connectivity index (χ0n) is 10.5. The van der Waals surface area contributed by atoms with Gasteiger partial charge >= 0.3 is 0 Å². The highest BCUT2D eigenvalue weighted by Gasteiger charge is 2.03. The summed E-state index contributed by atoms with van der Waals surface area (Å²) in [5.74, 6) is 0. The third-order valence-corrected chi connectivity index (χ3v) is 3.76. The molecule has 0 aliphatic rings. The molecule has 0 radical (unpaired) electrons. The number of benzene rings is 1. The van der Waals surface area contributed by atoms with E-state index in [1.807, 2.05) is 25.1 Å². The maximum Gasteiger partial charge on any atom is 0.0349 e. The van der Waals surface area contributed by atoms with Crippen LogP contribution in [0.25, 0.3) is 16.0 Å². The van der Waals surface area contributed by atoms with Crippen molar-refractivity contribution in [1.29, 1.82) is 0 Å². The van der Waals surface area contributed by atoms with E-state index >= 15 is 0 Å². The molecule has 1 aromatic heterocycles. The number of thiophene rings is 1. The topological polar surface area (TPSA) is 0 Å². The lowest BCUT2D eigenvalue weighted by atomic mass is 10.2. The van der Waals surface area contributed by atoms with Crippen LogP contribution in [0.1, 0.15) is 11.8 Å². The van der Waals surface area contributed by atoms with Gasteiger partial charge in [-0.25, -0.2) is 0 Å².